The lowest BCUT2D eigenvalue weighted by atomic mass is 10.2. The molecule has 87 valence electrons. The molecule has 1 aromatic carbocycles. The lowest BCUT2D eigenvalue weighted by Crippen LogP contribution is -2.15. The maximum atomic E-state index is 11.9. The molecule has 0 aliphatic heterocycles. The van der Waals surface area contributed by atoms with Gasteiger partial charge < -0.3 is 5.32 Å². The molecule has 1 heterocycles. The third kappa shape index (κ3) is 2.53. The van der Waals surface area contributed by atoms with Gasteiger partial charge in [-0.2, -0.15) is 5.10 Å². The first kappa shape index (κ1) is 11.4. The molecule has 0 aliphatic carbocycles. The van der Waals surface area contributed by atoms with Gasteiger partial charge in [0.05, 0.1) is 5.69 Å². The zero-order valence-corrected chi connectivity index (χ0v) is 10.1. The summed E-state index contributed by atoms with van der Waals surface area (Å²) in [6.45, 7) is 3.81. The Balaban J connectivity index is 2.17. The fraction of sp³-hybridized carbons (Fsp3) is 0.231. The number of rotatable bonds is 2. The molecule has 2 rings (SSSR count). The van der Waals surface area contributed by atoms with E-state index in [0.717, 1.165) is 16.9 Å². The zero-order valence-electron chi connectivity index (χ0n) is 10.1. The molecule has 1 amide bonds. The Bertz CT molecular complexity index is 540. The smallest absolute Gasteiger partial charge is 0.273 e. The lowest BCUT2D eigenvalue weighted by molar-refractivity contribution is 0.101. The van der Waals surface area contributed by atoms with Gasteiger partial charge in [-0.15, -0.1) is 0 Å². The molecule has 1 radical (unpaired) electrons. The van der Waals surface area contributed by atoms with Gasteiger partial charge in [-0.3, -0.25) is 9.48 Å². The predicted molar refractivity (Wildman–Crippen MR) is 65.9 cm³/mol. The maximum Gasteiger partial charge on any atom is 0.273 e. The Kier molecular flexibility index (Phi) is 2.95. The Morgan fingerprint density at radius 1 is 1.41 bits per heavy atom. The van der Waals surface area contributed by atoms with Crippen molar-refractivity contribution in [3.63, 3.8) is 0 Å². The van der Waals surface area contributed by atoms with E-state index in [2.05, 4.69) is 16.5 Å². The summed E-state index contributed by atoms with van der Waals surface area (Å²) in [5.74, 6) is -0.162. The van der Waals surface area contributed by atoms with Gasteiger partial charge in [0.1, 0.15) is 5.69 Å². The van der Waals surface area contributed by atoms with Crippen molar-refractivity contribution in [3.05, 3.63) is 47.3 Å². The molecule has 1 N–H and O–H groups in total. The number of benzene rings is 1. The number of carbonyl (C=O) groups excluding carboxylic acids is 1. The van der Waals surface area contributed by atoms with Gasteiger partial charge in [-0.25, -0.2) is 0 Å². The Morgan fingerprint density at radius 2 is 2.18 bits per heavy atom. The zero-order chi connectivity index (χ0) is 12.4. The molecule has 4 nitrogen and oxygen atoms in total. The van der Waals surface area contributed by atoms with Crippen LogP contribution in [0.1, 0.15) is 21.7 Å². The molecule has 0 atom stereocenters. The largest absolute Gasteiger partial charge is 0.321 e. The second-order valence-electron chi connectivity index (χ2n) is 4.01. The Hall–Kier alpha value is -2.10. The van der Waals surface area contributed by atoms with E-state index in [4.69, 9.17) is 0 Å². The van der Waals surface area contributed by atoms with E-state index in [1.807, 2.05) is 26.0 Å². The monoisotopic (exact) mass is 228 g/mol. The van der Waals surface area contributed by atoms with Gasteiger partial charge >= 0.3 is 0 Å². The van der Waals surface area contributed by atoms with E-state index >= 15 is 0 Å². The summed E-state index contributed by atoms with van der Waals surface area (Å²) in [5, 5.41) is 6.94. The van der Waals surface area contributed by atoms with Crippen molar-refractivity contribution >= 4 is 11.6 Å². The van der Waals surface area contributed by atoms with Gasteiger partial charge in [0.15, 0.2) is 0 Å². The second-order valence-corrected chi connectivity index (χ2v) is 4.01. The number of anilines is 1. The maximum absolute atomic E-state index is 11.9. The second kappa shape index (κ2) is 4.41. The van der Waals surface area contributed by atoms with Crippen LogP contribution < -0.4 is 5.32 Å². The van der Waals surface area contributed by atoms with E-state index in [-0.39, 0.29) is 5.91 Å². The SMILES string of the molecule is Cc1[c]cc(NC(=O)c2cc(C)nn2C)cc1. The molecular formula is C13H14N3O. The molecule has 4 heteroatoms. The molecule has 0 aliphatic rings. The number of nitrogens with zero attached hydrogens (tertiary/aromatic N) is 2. The highest BCUT2D eigenvalue weighted by Gasteiger charge is 2.11. The summed E-state index contributed by atoms with van der Waals surface area (Å²) >= 11 is 0. The van der Waals surface area contributed by atoms with Crippen LogP contribution in [0.3, 0.4) is 0 Å². The first-order chi connectivity index (χ1) is 8.06. The minimum Gasteiger partial charge on any atom is -0.321 e. The van der Waals surface area contributed by atoms with Gasteiger partial charge in [0.25, 0.3) is 5.91 Å². The van der Waals surface area contributed by atoms with E-state index < -0.39 is 0 Å². The third-order valence-electron chi connectivity index (χ3n) is 2.46. The molecule has 1 aromatic heterocycles. The molecule has 17 heavy (non-hydrogen) atoms. The van der Waals surface area contributed by atoms with E-state index in [9.17, 15) is 4.79 Å². The Labute approximate surface area is 100 Å². The minimum atomic E-state index is -0.162. The van der Waals surface area contributed by atoms with Gasteiger partial charge in [-0.1, -0.05) is 6.07 Å². The predicted octanol–water partition coefficient (Wildman–Crippen LogP) is 2.09. The number of hydrogen-bond acceptors (Lipinski definition) is 2. The lowest BCUT2D eigenvalue weighted by Gasteiger charge is -2.05. The average Bonchev–Trinajstić information content (AvgIpc) is 2.61. The van der Waals surface area contributed by atoms with E-state index in [1.54, 1.807) is 23.9 Å². The fourth-order valence-corrected chi connectivity index (χ4v) is 1.60. The number of carbonyl (C=O) groups is 1. The minimum absolute atomic E-state index is 0.162. The molecule has 0 fully saturated rings. The summed E-state index contributed by atoms with van der Waals surface area (Å²) in [4.78, 5) is 11.9. The van der Waals surface area contributed by atoms with Crippen molar-refractivity contribution in [2.24, 2.45) is 7.05 Å². The van der Waals surface area contributed by atoms with Crippen LogP contribution in [0.15, 0.2) is 24.3 Å². The van der Waals surface area contributed by atoms with Gasteiger partial charge in [0, 0.05) is 12.7 Å². The molecule has 0 saturated heterocycles. The van der Waals surface area contributed by atoms with Crippen LogP contribution in [0.5, 0.6) is 0 Å². The van der Waals surface area contributed by atoms with Gasteiger partial charge in [0.2, 0.25) is 0 Å². The van der Waals surface area contributed by atoms with Crippen molar-refractivity contribution in [1.82, 2.24) is 9.78 Å². The van der Waals surface area contributed by atoms with Crippen molar-refractivity contribution in [1.29, 1.82) is 0 Å². The summed E-state index contributed by atoms with van der Waals surface area (Å²) in [5.41, 5.74) is 3.15. The summed E-state index contributed by atoms with van der Waals surface area (Å²) < 4.78 is 1.57. The molecule has 0 bridgehead atoms. The van der Waals surface area contributed by atoms with Crippen LogP contribution in [0.25, 0.3) is 0 Å². The summed E-state index contributed by atoms with van der Waals surface area (Å²) in [6.07, 6.45) is 0. The first-order valence-electron chi connectivity index (χ1n) is 5.36. The molecule has 0 spiro atoms. The quantitative estimate of drug-likeness (QED) is 0.855. The highest BCUT2D eigenvalue weighted by atomic mass is 16.2. The van der Waals surface area contributed by atoms with Crippen LogP contribution in [-0.2, 0) is 7.05 Å². The average molecular weight is 228 g/mol. The van der Waals surface area contributed by atoms with Crippen LogP contribution >= 0.6 is 0 Å². The molecule has 0 unspecified atom stereocenters. The normalized spacial score (nSPS) is 10.3. The third-order valence-corrected chi connectivity index (χ3v) is 2.46. The number of aryl methyl sites for hydroxylation is 3. The van der Waals surface area contributed by atoms with Gasteiger partial charge in [-0.05, 0) is 43.7 Å². The highest BCUT2D eigenvalue weighted by Crippen LogP contribution is 2.10. The van der Waals surface area contributed by atoms with Crippen molar-refractivity contribution < 1.29 is 4.79 Å². The molecular weight excluding hydrogens is 214 g/mol. The highest BCUT2D eigenvalue weighted by molar-refractivity contribution is 6.03. The van der Waals surface area contributed by atoms with Crippen LogP contribution in [0.4, 0.5) is 5.69 Å². The Morgan fingerprint density at radius 3 is 2.71 bits per heavy atom. The van der Waals surface area contributed by atoms with Crippen LogP contribution in [0.2, 0.25) is 0 Å². The number of amides is 1. The number of aromatic nitrogens is 2. The van der Waals surface area contributed by atoms with Crippen molar-refractivity contribution in [3.8, 4) is 0 Å². The standard InChI is InChI=1S/C13H14N3O/c1-9-4-6-11(7-5-9)14-13(17)12-8-10(2)15-16(12)3/h4,6-8H,1-3H3,(H,14,17). The van der Waals surface area contributed by atoms with E-state index in [1.165, 1.54) is 0 Å². The summed E-state index contributed by atoms with van der Waals surface area (Å²) in [6, 6.07) is 10.3. The van der Waals surface area contributed by atoms with E-state index in [0.29, 0.717) is 5.69 Å². The fourth-order valence-electron chi connectivity index (χ4n) is 1.60. The number of nitrogens with one attached hydrogen (secondary N) is 1. The van der Waals surface area contributed by atoms with Crippen molar-refractivity contribution in [2.75, 3.05) is 5.32 Å². The van der Waals surface area contributed by atoms with Crippen LogP contribution in [-0.4, -0.2) is 15.7 Å². The van der Waals surface area contributed by atoms with Crippen molar-refractivity contribution in [2.45, 2.75) is 13.8 Å². The summed E-state index contributed by atoms with van der Waals surface area (Å²) in [7, 11) is 1.75. The first-order valence-corrected chi connectivity index (χ1v) is 5.36. The molecule has 0 saturated carbocycles. The van der Waals surface area contributed by atoms with Crippen LogP contribution in [0, 0.1) is 19.9 Å². The molecule has 2 aromatic rings. The number of hydrogen-bond donors (Lipinski definition) is 1. The topological polar surface area (TPSA) is 46.9 Å².